The van der Waals surface area contributed by atoms with E-state index in [-0.39, 0.29) is 11.9 Å². The van der Waals surface area contributed by atoms with Gasteiger partial charge < -0.3 is 9.47 Å². The molecule has 0 bridgehead atoms. The molecule has 1 aromatic heterocycles. The Bertz CT molecular complexity index is 771. The van der Waals surface area contributed by atoms with Crippen LogP contribution >= 0.6 is 11.6 Å². The van der Waals surface area contributed by atoms with Crippen molar-refractivity contribution in [3.63, 3.8) is 0 Å². The third-order valence-electron chi connectivity index (χ3n) is 5.55. The highest BCUT2D eigenvalue weighted by Crippen LogP contribution is 2.33. The van der Waals surface area contributed by atoms with E-state index in [9.17, 15) is 4.79 Å². The fourth-order valence-electron chi connectivity index (χ4n) is 4.13. The molecule has 0 spiro atoms. The molecule has 1 saturated heterocycles. The molecular weight excluding hydrogens is 348 g/mol. The van der Waals surface area contributed by atoms with Crippen LogP contribution in [0.5, 0.6) is 0 Å². The highest BCUT2D eigenvalue weighted by atomic mass is 35.5. The summed E-state index contributed by atoms with van der Waals surface area (Å²) < 4.78 is 2.28. The minimum Gasteiger partial charge on any atom is -0.332 e. The first-order valence-electron chi connectivity index (χ1n) is 9.68. The summed E-state index contributed by atoms with van der Waals surface area (Å²) in [5, 5.41) is 9.63. The number of hydrogen-bond acceptors (Lipinski definition) is 3. The number of carbonyl (C=O) groups is 1. The van der Waals surface area contributed by atoms with E-state index in [1.807, 2.05) is 29.2 Å². The zero-order valence-corrected chi connectivity index (χ0v) is 15.8. The predicted octanol–water partition coefficient (Wildman–Crippen LogP) is 3.95. The van der Waals surface area contributed by atoms with Crippen LogP contribution in [0.25, 0.3) is 0 Å². The maximum atomic E-state index is 12.9. The minimum atomic E-state index is 0.0899. The third kappa shape index (κ3) is 3.63. The molecule has 5 nitrogen and oxygen atoms in total. The second-order valence-electron chi connectivity index (χ2n) is 7.31. The van der Waals surface area contributed by atoms with Gasteiger partial charge in [-0.25, -0.2) is 0 Å². The molecule has 1 unspecified atom stereocenters. The molecule has 2 aliphatic rings. The summed E-state index contributed by atoms with van der Waals surface area (Å²) in [4.78, 5) is 14.9. The molecule has 26 heavy (non-hydrogen) atoms. The number of aromatic nitrogens is 3. The van der Waals surface area contributed by atoms with Gasteiger partial charge in [0.05, 0.1) is 6.04 Å². The van der Waals surface area contributed by atoms with Gasteiger partial charge in [-0.3, -0.25) is 4.79 Å². The summed E-state index contributed by atoms with van der Waals surface area (Å²) in [6, 6.07) is 7.84. The summed E-state index contributed by atoms with van der Waals surface area (Å²) in [6.07, 6.45) is 7.92. The summed E-state index contributed by atoms with van der Waals surface area (Å²) in [5.74, 6) is 2.31. The Labute approximate surface area is 159 Å². The van der Waals surface area contributed by atoms with Crippen LogP contribution in [-0.4, -0.2) is 32.1 Å². The largest absolute Gasteiger partial charge is 0.332 e. The third-order valence-corrected chi connectivity index (χ3v) is 5.80. The Kier molecular flexibility index (Phi) is 5.25. The Balaban J connectivity index is 1.45. The molecule has 1 amide bonds. The van der Waals surface area contributed by atoms with E-state index >= 15 is 0 Å². The molecule has 0 radical (unpaired) electrons. The quantitative estimate of drug-likeness (QED) is 0.816. The van der Waals surface area contributed by atoms with Crippen molar-refractivity contribution in [2.75, 3.05) is 6.54 Å². The topological polar surface area (TPSA) is 51.0 Å². The number of halogens is 1. The lowest BCUT2D eigenvalue weighted by Gasteiger charge is -2.25. The molecule has 0 saturated carbocycles. The standard InChI is InChI=1S/C20H25ClN4O/c21-16-10-7-15(8-11-16)9-12-19(26)24-14-4-5-17(24)20-23-22-18-6-2-1-3-13-25(18)20/h7-8,10-11,17H,1-6,9,12-14H2. The molecule has 1 atom stereocenters. The van der Waals surface area contributed by atoms with Crippen molar-refractivity contribution in [2.45, 2.75) is 64.0 Å². The number of nitrogens with zero attached hydrogens (tertiary/aromatic N) is 4. The number of rotatable bonds is 4. The normalized spacial score (nSPS) is 20.0. The lowest BCUT2D eigenvalue weighted by atomic mass is 10.1. The summed E-state index contributed by atoms with van der Waals surface area (Å²) in [6.45, 7) is 1.81. The fourth-order valence-corrected chi connectivity index (χ4v) is 4.26. The number of hydrogen-bond donors (Lipinski definition) is 0. The van der Waals surface area contributed by atoms with E-state index in [0.717, 1.165) is 61.0 Å². The number of benzene rings is 1. The van der Waals surface area contributed by atoms with Crippen LogP contribution in [0.15, 0.2) is 24.3 Å². The van der Waals surface area contributed by atoms with Gasteiger partial charge in [0.15, 0.2) is 5.82 Å². The van der Waals surface area contributed by atoms with E-state index in [1.165, 1.54) is 19.3 Å². The van der Waals surface area contributed by atoms with E-state index in [2.05, 4.69) is 14.8 Å². The van der Waals surface area contributed by atoms with Crippen LogP contribution < -0.4 is 0 Å². The maximum Gasteiger partial charge on any atom is 0.223 e. The minimum absolute atomic E-state index is 0.0899. The van der Waals surface area contributed by atoms with Gasteiger partial charge in [0.2, 0.25) is 5.91 Å². The molecular formula is C20H25ClN4O. The zero-order valence-electron chi connectivity index (χ0n) is 15.0. The SMILES string of the molecule is O=C(CCc1ccc(Cl)cc1)N1CCCC1c1nnc2n1CCCCC2. The van der Waals surface area contributed by atoms with Gasteiger partial charge in [0, 0.05) is 31.0 Å². The predicted molar refractivity (Wildman–Crippen MR) is 101 cm³/mol. The number of fused-ring (bicyclic) bond motifs is 1. The van der Waals surface area contributed by atoms with Gasteiger partial charge in [-0.2, -0.15) is 0 Å². The maximum absolute atomic E-state index is 12.9. The first-order valence-corrected chi connectivity index (χ1v) is 10.1. The van der Waals surface area contributed by atoms with E-state index < -0.39 is 0 Å². The summed E-state index contributed by atoms with van der Waals surface area (Å²) >= 11 is 5.93. The molecule has 1 aromatic carbocycles. The molecule has 2 aromatic rings. The summed E-state index contributed by atoms with van der Waals surface area (Å²) in [5.41, 5.74) is 1.15. The molecule has 6 heteroatoms. The number of aryl methyl sites for hydroxylation is 2. The number of amides is 1. The van der Waals surface area contributed by atoms with Gasteiger partial charge >= 0.3 is 0 Å². The van der Waals surface area contributed by atoms with Crippen LogP contribution in [0, 0.1) is 0 Å². The smallest absolute Gasteiger partial charge is 0.223 e. The van der Waals surface area contributed by atoms with Crippen LogP contribution in [0.4, 0.5) is 0 Å². The van der Waals surface area contributed by atoms with Crippen molar-refractivity contribution in [3.05, 3.63) is 46.5 Å². The molecule has 1 fully saturated rings. The second-order valence-corrected chi connectivity index (χ2v) is 7.74. The van der Waals surface area contributed by atoms with E-state index in [4.69, 9.17) is 11.6 Å². The highest BCUT2D eigenvalue weighted by molar-refractivity contribution is 6.30. The Morgan fingerprint density at radius 3 is 2.77 bits per heavy atom. The van der Waals surface area contributed by atoms with E-state index in [0.29, 0.717) is 6.42 Å². The van der Waals surface area contributed by atoms with Crippen LogP contribution in [0.1, 0.15) is 61.8 Å². The Morgan fingerprint density at radius 2 is 1.92 bits per heavy atom. The second kappa shape index (κ2) is 7.78. The van der Waals surface area contributed by atoms with Crippen LogP contribution in [-0.2, 0) is 24.2 Å². The average molecular weight is 373 g/mol. The number of likely N-dealkylation sites (tertiary alicyclic amines) is 1. The van der Waals surface area contributed by atoms with Crippen LogP contribution in [0.3, 0.4) is 0 Å². The fraction of sp³-hybridized carbons (Fsp3) is 0.550. The average Bonchev–Trinajstić information content (AvgIpc) is 3.22. The zero-order chi connectivity index (χ0) is 17.9. The lowest BCUT2D eigenvalue weighted by Crippen LogP contribution is -2.32. The molecule has 138 valence electrons. The van der Waals surface area contributed by atoms with Crippen molar-refractivity contribution >= 4 is 17.5 Å². The molecule has 0 N–H and O–H groups in total. The highest BCUT2D eigenvalue weighted by Gasteiger charge is 2.34. The van der Waals surface area contributed by atoms with Gasteiger partial charge in [0.25, 0.3) is 0 Å². The Hall–Kier alpha value is -1.88. The van der Waals surface area contributed by atoms with Crippen molar-refractivity contribution < 1.29 is 4.79 Å². The first-order chi connectivity index (χ1) is 12.7. The van der Waals surface area contributed by atoms with Crippen molar-refractivity contribution in [2.24, 2.45) is 0 Å². The van der Waals surface area contributed by atoms with Crippen LogP contribution in [0.2, 0.25) is 5.02 Å². The van der Waals surface area contributed by atoms with Crippen molar-refractivity contribution in [1.29, 1.82) is 0 Å². The van der Waals surface area contributed by atoms with Crippen molar-refractivity contribution in [1.82, 2.24) is 19.7 Å². The molecule has 2 aliphatic heterocycles. The molecule has 4 rings (SSSR count). The van der Waals surface area contributed by atoms with Gasteiger partial charge in [-0.05, 0) is 49.8 Å². The number of carbonyl (C=O) groups excluding carboxylic acids is 1. The first kappa shape index (κ1) is 17.5. The van der Waals surface area contributed by atoms with E-state index in [1.54, 1.807) is 0 Å². The van der Waals surface area contributed by atoms with Gasteiger partial charge in [-0.1, -0.05) is 30.2 Å². The lowest BCUT2D eigenvalue weighted by molar-refractivity contribution is -0.132. The molecule has 3 heterocycles. The van der Waals surface area contributed by atoms with Gasteiger partial charge in [0.1, 0.15) is 5.82 Å². The van der Waals surface area contributed by atoms with Gasteiger partial charge in [-0.15, -0.1) is 10.2 Å². The monoisotopic (exact) mass is 372 g/mol. The Morgan fingerprint density at radius 1 is 1.08 bits per heavy atom. The summed E-state index contributed by atoms with van der Waals surface area (Å²) in [7, 11) is 0. The molecule has 0 aliphatic carbocycles. The van der Waals surface area contributed by atoms with Crippen molar-refractivity contribution in [3.8, 4) is 0 Å².